The van der Waals surface area contributed by atoms with Gasteiger partial charge in [-0.15, -0.1) is 0 Å². The zero-order valence-corrected chi connectivity index (χ0v) is 12.1. The molecule has 0 aliphatic carbocycles. The summed E-state index contributed by atoms with van der Waals surface area (Å²) in [5.41, 5.74) is 4.06. The quantitative estimate of drug-likeness (QED) is 0.869. The molecule has 0 saturated heterocycles. The van der Waals surface area contributed by atoms with E-state index in [0.29, 0.717) is 12.3 Å². The van der Waals surface area contributed by atoms with Crippen LogP contribution in [0.2, 0.25) is 0 Å². The van der Waals surface area contributed by atoms with Crippen LogP contribution in [0.4, 0.5) is 0 Å². The summed E-state index contributed by atoms with van der Waals surface area (Å²) in [7, 11) is 0. The van der Waals surface area contributed by atoms with E-state index < -0.39 is 0 Å². The average molecular weight is 272 g/mol. The van der Waals surface area contributed by atoms with Gasteiger partial charge in [0.15, 0.2) is 5.76 Å². The minimum atomic E-state index is -0.211. The Morgan fingerprint density at radius 2 is 1.85 bits per heavy atom. The van der Waals surface area contributed by atoms with Crippen molar-refractivity contribution >= 4 is 5.91 Å². The van der Waals surface area contributed by atoms with Crippen LogP contribution >= 0.6 is 0 Å². The van der Waals surface area contributed by atoms with Crippen LogP contribution in [0.1, 0.15) is 36.9 Å². The Balaban J connectivity index is 2.19. The van der Waals surface area contributed by atoms with Crippen molar-refractivity contribution in [3.63, 3.8) is 0 Å². The minimum absolute atomic E-state index is 0.172. The van der Waals surface area contributed by atoms with Gasteiger partial charge < -0.3 is 4.42 Å². The number of nitrogens with one attached hydrogen (secondary N) is 1. The molecule has 1 aromatic heterocycles. The third-order valence-corrected chi connectivity index (χ3v) is 2.63. The van der Waals surface area contributed by atoms with Crippen molar-refractivity contribution in [3.8, 4) is 0 Å². The molecule has 0 fully saturated rings. The van der Waals surface area contributed by atoms with Gasteiger partial charge in [-0.25, -0.2) is 5.43 Å². The van der Waals surface area contributed by atoms with Gasteiger partial charge in [-0.2, -0.15) is 0 Å². The Morgan fingerprint density at radius 1 is 1.15 bits per heavy atom. The zero-order valence-electron chi connectivity index (χ0n) is 12.1. The SMILES string of the molecule is CC(C)(C)NN(Cc1ccccc1)C(=O)c1ccco1. The van der Waals surface area contributed by atoms with Crippen molar-refractivity contribution in [1.29, 1.82) is 0 Å². The number of hydrazine groups is 1. The molecule has 20 heavy (non-hydrogen) atoms. The van der Waals surface area contributed by atoms with E-state index in [2.05, 4.69) is 5.43 Å². The van der Waals surface area contributed by atoms with E-state index in [-0.39, 0.29) is 11.4 Å². The first-order valence-electron chi connectivity index (χ1n) is 6.63. The number of benzene rings is 1. The number of furan rings is 1. The van der Waals surface area contributed by atoms with E-state index in [4.69, 9.17) is 4.42 Å². The van der Waals surface area contributed by atoms with E-state index in [1.54, 1.807) is 17.1 Å². The van der Waals surface area contributed by atoms with Crippen LogP contribution in [0.5, 0.6) is 0 Å². The fraction of sp³-hybridized carbons (Fsp3) is 0.312. The lowest BCUT2D eigenvalue weighted by atomic mass is 10.1. The van der Waals surface area contributed by atoms with Gasteiger partial charge in [-0.05, 0) is 38.5 Å². The number of nitrogens with zero attached hydrogens (tertiary/aromatic N) is 1. The third kappa shape index (κ3) is 3.96. The van der Waals surface area contributed by atoms with Gasteiger partial charge >= 0.3 is 5.91 Å². The normalized spacial score (nSPS) is 11.3. The molecule has 0 aliphatic rings. The molecule has 0 saturated carbocycles. The molecule has 4 heteroatoms. The lowest BCUT2D eigenvalue weighted by Crippen LogP contribution is -2.51. The van der Waals surface area contributed by atoms with E-state index in [9.17, 15) is 4.79 Å². The van der Waals surface area contributed by atoms with Gasteiger partial charge in [0, 0.05) is 5.54 Å². The standard InChI is InChI=1S/C16H20N2O2/c1-16(2,3)17-18(12-13-8-5-4-6-9-13)15(19)14-10-7-11-20-14/h4-11,17H,12H2,1-3H3. The van der Waals surface area contributed by atoms with Crippen molar-refractivity contribution in [3.05, 3.63) is 60.1 Å². The largest absolute Gasteiger partial charge is 0.459 e. The second-order valence-corrected chi connectivity index (χ2v) is 5.72. The van der Waals surface area contributed by atoms with Gasteiger partial charge in [0.2, 0.25) is 0 Å². The van der Waals surface area contributed by atoms with E-state index in [0.717, 1.165) is 5.56 Å². The van der Waals surface area contributed by atoms with Crippen LogP contribution < -0.4 is 5.43 Å². The van der Waals surface area contributed by atoms with Crippen LogP contribution in [0, 0.1) is 0 Å². The molecule has 1 N–H and O–H groups in total. The summed E-state index contributed by atoms with van der Waals surface area (Å²) in [6.07, 6.45) is 1.50. The predicted molar refractivity (Wildman–Crippen MR) is 77.9 cm³/mol. The van der Waals surface area contributed by atoms with Crippen molar-refractivity contribution < 1.29 is 9.21 Å². The Kier molecular flexibility index (Phi) is 4.25. The summed E-state index contributed by atoms with van der Waals surface area (Å²) in [6, 6.07) is 13.2. The summed E-state index contributed by atoms with van der Waals surface area (Å²) in [5, 5.41) is 1.59. The van der Waals surface area contributed by atoms with E-state index in [1.165, 1.54) is 6.26 Å². The molecule has 2 rings (SSSR count). The number of hydrogen-bond acceptors (Lipinski definition) is 3. The van der Waals surface area contributed by atoms with Crippen molar-refractivity contribution in [2.24, 2.45) is 0 Å². The molecule has 106 valence electrons. The lowest BCUT2D eigenvalue weighted by Gasteiger charge is -2.31. The fourth-order valence-corrected chi connectivity index (χ4v) is 1.87. The van der Waals surface area contributed by atoms with Crippen LogP contribution in [-0.4, -0.2) is 16.5 Å². The molecular formula is C16H20N2O2. The van der Waals surface area contributed by atoms with Crippen LogP contribution in [0.15, 0.2) is 53.1 Å². The molecule has 1 heterocycles. The summed E-state index contributed by atoms with van der Waals surface area (Å²) in [4.78, 5) is 12.5. The molecule has 0 atom stereocenters. The van der Waals surface area contributed by atoms with Crippen molar-refractivity contribution in [1.82, 2.24) is 10.4 Å². The summed E-state index contributed by atoms with van der Waals surface area (Å²) in [6.45, 7) is 6.53. The monoisotopic (exact) mass is 272 g/mol. The molecule has 0 bridgehead atoms. The van der Waals surface area contributed by atoms with Gasteiger partial charge in [-0.3, -0.25) is 9.80 Å². The first-order chi connectivity index (χ1) is 9.46. The molecule has 0 spiro atoms. The van der Waals surface area contributed by atoms with Gasteiger partial charge in [0.1, 0.15) is 0 Å². The fourth-order valence-electron chi connectivity index (χ4n) is 1.87. The highest BCUT2D eigenvalue weighted by molar-refractivity contribution is 5.91. The maximum atomic E-state index is 12.5. The van der Waals surface area contributed by atoms with Gasteiger partial charge in [0.25, 0.3) is 0 Å². The maximum absolute atomic E-state index is 12.5. The second-order valence-electron chi connectivity index (χ2n) is 5.72. The highest BCUT2D eigenvalue weighted by Crippen LogP contribution is 2.11. The van der Waals surface area contributed by atoms with Gasteiger partial charge in [0.05, 0.1) is 12.8 Å². The summed E-state index contributed by atoms with van der Waals surface area (Å²) < 4.78 is 5.20. The molecule has 1 amide bonds. The molecule has 0 radical (unpaired) electrons. The van der Waals surface area contributed by atoms with Crippen molar-refractivity contribution in [2.45, 2.75) is 32.9 Å². The van der Waals surface area contributed by atoms with Crippen molar-refractivity contribution in [2.75, 3.05) is 0 Å². The summed E-state index contributed by atoms with van der Waals surface area (Å²) in [5.74, 6) is 0.159. The molecule has 2 aromatic rings. The Hall–Kier alpha value is -2.07. The summed E-state index contributed by atoms with van der Waals surface area (Å²) >= 11 is 0. The maximum Gasteiger partial charge on any atom is 0.303 e. The Labute approximate surface area is 119 Å². The molecule has 0 unspecified atom stereocenters. The highest BCUT2D eigenvalue weighted by atomic mass is 16.3. The van der Waals surface area contributed by atoms with Crippen LogP contribution in [-0.2, 0) is 6.54 Å². The zero-order chi connectivity index (χ0) is 14.6. The average Bonchev–Trinajstić information content (AvgIpc) is 2.90. The smallest absolute Gasteiger partial charge is 0.303 e. The Morgan fingerprint density at radius 3 is 2.40 bits per heavy atom. The van der Waals surface area contributed by atoms with Crippen LogP contribution in [0.3, 0.4) is 0 Å². The van der Waals surface area contributed by atoms with Crippen LogP contribution in [0.25, 0.3) is 0 Å². The molecule has 1 aromatic carbocycles. The first-order valence-corrected chi connectivity index (χ1v) is 6.63. The molecule has 4 nitrogen and oxygen atoms in total. The number of amides is 1. The van der Waals surface area contributed by atoms with E-state index >= 15 is 0 Å². The topological polar surface area (TPSA) is 45.5 Å². The number of carbonyl (C=O) groups is 1. The third-order valence-electron chi connectivity index (χ3n) is 2.63. The minimum Gasteiger partial charge on any atom is -0.459 e. The molecular weight excluding hydrogens is 252 g/mol. The van der Waals surface area contributed by atoms with E-state index in [1.807, 2.05) is 51.1 Å². The Bertz CT molecular complexity index is 542. The first kappa shape index (κ1) is 14.3. The lowest BCUT2D eigenvalue weighted by molar-refractivity contribution is 0.0510. The number of hydrogen-bond donors (Lipinski definition) is 1. The highest BCUT2D eigenvalue weighted by Gasteiger charge is 2.23. The predicted octanol–water partition coefficient (Wildman–Crippen LogP) is 3.23. The molecule has 0 aliphatic heterocycles. The number of carbonyl (C=O) groups excluding carboxylic acids is 1. The number of rotatable bonds is 4. The van der Waals surface area contributed by atoms with Gasteiger partial charge in [-0.1, -0.05) is 30.3 Å². The second kappa shape index (κ2) is 5.92.